The molecule has 0 aromatic heterocycles. The first-order chi connectivity index (χ1) is 20.7. The lowest BCUT2D eigenvalue weighted by molar-refractivity contribution is -0.166. The summed E-state index contributed by atoms with van der Waals surface area (Å²) in [6.45, 7) is 14.0. The first-order valence-electron chi connectivity index (χ1n) is 18.4. The highest BCUT2D eigenvalue weighted by Gasteiger charge is 2.64. The van der Waals surface area contributed by atoms with E-state index in [-0.39, 0.29) is 5.92 Å². The number of hydrogen-bond donors (Lipinski definition) is 2. The fourth-order valence-electron chi connectivity index (χ4n) is 13.0. The maximum absolute atomic E-state index is 11.5. The van der Waals surface area contributed by atoms with Gasteiger partial charge in [-0.3, -0.25) is 9.69 Å². The van der Waals surface area contributed by atoms with Gasteiger partial charge in [0.15, 0.2) is 0 Å². The molecule has 6 aliphatic carbocycles. The first-order valence-corrected chi connectivity index (χ1v) is 19.4. The standard InChI is InChI=1S/C38H60N2O2S/c1-5-28-23-40(24-43-28)22-21-39-38-17-6-7-33(38)30-12-13-34-36(3)18-14-29(26-8-10-27(11-9-26)35(41)42)25(2)31(36)15-19-37(34,4)32(30)16-20-38/h8,14,25,27-28,30-34,39H,5-7,9-13,15-24H2,1-4H3,(H,41,42)/t25?,27?,28?,30?,31?,32?,33-,34?,36?,37?,38?/m1/s1. The van der Waals surface area contributed by atoms with Gasteiger partial charge in [0.25, 0.3) is 0 Å². The average Bonchev–Trinajstić information content (AvgIpc) is 3.64. The summed E-state index contributed by atoms with van der Waals surface area (Å²) in [5.41, 5.74) is 4.39. The van der Waals surface area contributed by atoms with E-state index in [1.165, 1.54) is 102 Å². The molecule has 5 fully saturated rings. The summed E-state index contributed by atoms with van der Waals surface area (Å²) in [5, 5.41) is 14.6. The quantitative estimate of drug-likeness (QED) is 0.303. The number of aliphatic carboxylic acids is 1. The van der Waals surface area contributed by atoms with E-state index in [1.807, 2.05) is 0 Å². The molecular weight excluding hydrogens is 548 g/mol. The van der Waals surface area contributed by atoms with Crippen LogP contribution in [-0.2, 0) is 4.79 Å². The van der Waals surface area contributed by atoms with Crippen LogP contribution in [0.2, 0.25) is 0 Å². The maximum atomic E-state index is 11.5. The van der Waals surface area contributed by atoms with Crippen LogP contribution in [0, 0.1) is 52.3 Å². The zero-order chi connectivity index (χ0) is 30.0. The largest absolute Gasteiger partial charge is 0.481 e. The number of hydrogen-bond acceptors (Lipinski definition) is 4. The minimum Gasteiger partial charge on any atom is -0.481 e. The minimum atomic E-state index is -0.615. The third-order valence-corrected chi connectivity index (χ3v) is 16.6. The molecule has 0 spiro atoms. The number of thioether (sulfide) groups is 1. The van der Waals surface area contributed by atoms with Crippen LogP contribution in [0.4, 0.5) is 0 Å². The molecule has 7 aliphatic rings. The van der Waals surface area contributed by atoms with Gasteiger partial charge in [0.2, 0.25) is 0 Å². The van der Waals surface area contributed by atoms with Crippen LogP contribution in [0.15, 0.2) is 23.3 Å². The van der Waals surface area contributed by atoms with Crippen molar-refractivity contribution >= 4 is 17.7 Å². The van der Waals surface area contributed by atoms with Crippen LogP contribution in [0.3, 0.4) is 0 Å². The first kappa shape index (κ1) is 30.9. The van der Waals surface area contributed by atoms with E-state index in [9.17, 15) is 9.90 Å². The summed E-state index contributed by atoms with van der Waals surface area (Å²) in [4.78, 5) is 14.2. The Labute approximate surface area is 266 Å². The molecule has 0 radical (unpaired) electrons. The zero-order valence-electron chi connectivity index (χ0n) is 27.7. The van der Waals surface area contributed by atoms with Gasteiger partial charge < -0.3 is 10.4 Å². The van der Waals surface area contributed by atoms with Crippen LogP contribution in [0.5, 0.6) is 0 Å². The SMILES string of the molecule is CCC1CN(CCNC23CCC[C@@H]2C2CCC4C5(C)CC=C(C6=CCC(C(=O)O)CC6)C(C)C5CCC4(C)C2CC3)CS1. The van der Waals surface area contributed by atoms with Crippen LogP contribution < -0.4 is 5.32 Å². The van der Waals surface area contributed by atoms with Crippen molar-refractivity contribution in [1.82, 2.24) is 10.2 Å². The van der Waals surface area contributed by atoms with Gasteiger partial charge in [0, 0.05) is 36.3 Å². The van der Waals surface area contributed by atoms with Gasteiger partial charge in [-0.25, -0.2) is 0 Å². The van der Waals surface area contributed by atoms with Crippen molar-refractivity contribution in [2.45, 2.75) is 128 Å². The summed E-state index contributed by atoms with van der Waals surface area (Å²) in [6.07, 6.45) is 22.9. The molecule has 11 atom stereocenters. The van der Waals surface area contributed by atoms with E-state index < -0.39 is 5.97 Å². The third-order valence-electron chi connectivity index (χ3n) is 15.2. The predicted molar refractivity (Wildman–Crippen MR) is 179 cm³/mol. The number of nitrogens with one attached hydrogen (secondary N) is 1. The molecule has 2 N–H and O–H groups in total. The molecule has 4 nitrogen and oxygen atoms in total. The van der Waals surface area contributed by atoms with Crippen molar-refractivity contribution in [2.75, 3.05) is 25.5 Å². The van der Waals surface area contributed by atoms with E-state index in [1.54, 1.807) is 5.57 Å². The van der Waals surface area contributed by atoms with Crippen LogP contribution in [-0.4, -0.2) is 52.3 Å². The van der Waals surface area contributed by atoms with Gasteiger partial charge in [0.05, 0.1) is 5.92 Å². The van der Waals surface area contributed by atoms with Crippen molar-refractivity contribution in [2.24, 2.45) is 52.3 Å². The highest BCUT2D eigenvalue weighted by Crippen LogP contribution is 2.70. The Balaban J connectivity index is 1.05. The molecule has 1 aliphatic heterocycles. The molecule has 0 bridgehead atoms. The molecule has 1 heterocycles. The minimum absolute atomic E-state index is 0.180. The van der Waals surface area contributed by atoms with Crippen LogP contribution in [0.1, 0.15) is 118 Å². The molecule has 0 aromatic carbocycles. The molecule has 0 amide bonds. The number of fused-ring (bicyclic) bond motifs is 7. The lowest BCUT2D eigenvalue weighted by Crippen LogP contribution is -2.63. The number of carboxylic acid groups (broad SMARTS) is 1. The smallest absolute Gasteiger partial charge is 0.306 e. The topological polar surface area (TPSA) is 52.6 Å². The van der Waals surface area contributed by atoms with E-state index in [2.05, 4.69) is 61.8 Å². The van der Waals surface area contributed by atoms with Gasteiger partial charge >= 0.3 is 5.97 Å². The lowest BCUT2D eigenvalue weighted by atomic mass is 9.38. The van der Waals surface area contributed by atoms with Gasteiger partial charge in [0.1, 0.15) is 0 Å². The third kappa shape index (κ3) is 5.13. The van der Waals surface area contributed by atoms with Crippen molar-refractivity contribution < 1.29 is 9.90 Å². The maximum Gasteiger partial charge on any atom is 0.306 e. The van der Waals surface area contributed by atoms with Crippen molar-refractivity contribution in [3.05, 3.63) is 23.3 Å². The fourth-order valence-corrected chi connectivity index (χ4v) is 14.2. The number of carbonyl (C=O) groups is 1. The molecule has 1 saturated heterocycles. The lowest BCUT2D eigenvalue weighted by Gasteiger charge is -2.67. The van der Waals surface area contributed by atoms with Crippen LogP contribution >= 0.6 is 11.8 Å². The monoisotopic (exact) mass is 608 g/mol. The van der Waals surface area contributed by atoms with Crippen LogP contribution in [0.25, 0.3) is 0 Å². The molecule has 43 heavy (non-hydrogen) atoms. The van der Waals surface area contributed by atoms with E-state index >= 15 is 0 Å². The predicted octanol–water partition coefficient (Wildman–Crippen LogP) is 8.54. The number of rotatable bonds is 7. The summed E-state index contributed by atoms with van der Waals surface area (Å²) in [5.74, 6) is 5.40. The highest BCUT2D eigenvalue weighted by molar-refractivity contribution is 8.00. The Morgan fingerprint density at radius 3 is 2.60 bits per heavy atom. The van der Waals surface area contributed by atoms with E-state index in [0.717, 1.165) is 47.7 Å². The Morgan fingerprint density at radius 1 is 1.02 bits per heavy atom. The Morgan fingerprint density at radius 2 is 1.86 bits per heavy atom. The van der Waals surface area contributed by atoms with Crippen molar-refractivity contribution in [3.8, 4) is 0 Å². The van der Waals surface area contributed by atoms with Gasteiger partial charge in [-0.05, 0) is 141 Å². The molecule has 0 aromatic rings. The highest BCUT2D eigenvalue weighted by atomic mass is 32.2. The van der Waals surface area contributed by atoms with Gasteiger partial charge in [-0.2, -0.15) is 0 Å². The van der Waals surface area contributed by atoms with Crippen molar-refractivity contribution in [3.63, 3.8) is 0 Å². The Hall–Kier alpha value is -0.780. The van der Waals surface area contributed by atoms with Gasteiger partial charge in [-0.15, -0.1) is 11.8 Å². The molecule has 4 saturated carbocycles. The molecule has 7 rings (SSSR count). The second-order valence-corrected chi connectivity index (χ2v) is 18.0. The number of carboxylic acids is 1. The molecule has 5 heteroatoms. The van der Waals surface area contributed by atoms with E-state index in [0.29, 0.717) is 28.7 Å². The summed E-state index contributed by atoms with van der Waals surface area (Å²) in [6, 6.07) is 0. The van der Waals surface area contributed by atoms with Gasteiger partial charge in [-0.1, -0.05) is 46.3 Å². The number of allylic oxidation sites excluding steroid dienone is 4. The Kier molecular flexibility index (Phi) is 8.46. The Bertz CT molecular complexity index is 1130. The second kappa shape index (κ2) is 11.8. The summed E-state index contributed by atoms with van der Waals surface area (Å²) >= 11 is 2.17. The summed E-state index contributed by atoms with van der Waals surface area (Å²) < 4.78 is 0. The summed E-state index contributed by atoms with van der Waals surface area (Å²) in [7, 11) is 0. The molecular formula is C38H60N2O2S. The molecule has 240 valence electrons. The fraction of sp³-hybridized carbons (Fsp3) is 0.868. The molecule has 10 unspecified atom stereocenters. The van der Waals surface area contributed by atoms with E-state index in [4.69, 9.17) is 0 Å². The second-order valence-electron chi connectivity index (χ2n) is 16.8. The van der Waals surface area contributed by atoms with Crippen molar-refractivity contribution in [1.29, 1.82) is 0 Å². The zero-order valence-corrected chi connectivity index (χ0v) is 28.5. The number of nitrogens with zero attached hydrogens (tertiary/aromatic N) is 1. The normalized spacial score (nSPS) is 48.0. The average molecular weight is 609 g/mol.